The number of rotatable bonds is 13. The summed E-state index contributed by atoms with van der Waals surface area (Å²) >= 11 is 46.1. The van der Waals surface area contributed by atoms with Crippen LogP contribution in [0.25, 0.3) is 44.5 Å². The number of aliphatic hydroxyl groups is 1. The third-order valence-corrected chi connectivity index (χ3v) is 13.7. The molecule has 0 saturated heterocycles. The first-order valence-electron chi connectivity index (χ1n) is 30.3. The standard InChI is InChI=1S/C15H12ClNO4.C13H9ClN2O.C12H6Cl2N2.C12H8ClNO3.C6H6BClO2.C6H2Cl2N2.C3H7NO2.CH2O3.CH4O.CH3O.CH4.B.BrH.FH.2K.Na.H2.H/c16-11-3-1-2-9(6-11)10-7-13(19)15(17-8-10)12(18)4-5-14(20)21;1-17-13-6-10(8-16-12(13)7-15)9-3-2-4-11(14)5-9;13-10-3-1-2-8(4-10)9-5-11(14)12(6-15)16-7-9;13-9-3-1-2-7(4-9)8-5-10(15)11(12(16)17)14-6-8;8-6-3-1-2-5(4-6)7(9)10;7-4-1-5(8)6(2-9)10-3-4;1-6-3(5)2-4;2-1-4-3;2*1-2;;;;;;;;;/h1-3,6-8,19H,4-5H2,(H,20,21);2-6,8H,1H3;1-5,7H;1-6,15H,(H,16,17);1-4,9-10H;1,3H;2,4H2,1H3;1,3H;2H,1H3;1H3;1H4;;2*1H;;;;1H;/q;;;;;;;;;-1;;;;;3*+1;;-1/p-1/i5D2;;;;;;2D2;;;;;;;;;;;1+1;. The molecule has 5 heterocycles. The van der Waals surface area contributed by atoms with E-state index in [1.807, 2.05) is 54.6 Å². The molecule has 0 saturated carbocycles. The van der Waals surface area contributed by atoms with Crippen LogP contribution >= 0.6 is 110 Å². The number of methoxy groups -OCH3 is 2. The number of aromatic carboxylic acids is 1. The van der Waals surface area contributed by atoms with Crippen LogP contribution in [0, 0.1) is 34.0 Å². The number of esters is 1. The zero-order valence-corrected chi connectivity index (χ0v) is 75.0. The molecular formula is C71H67B2BrCl8FK2N9NaO17. The van der Waals surface area contributed by atoms with E-state index >= 15 is 0 Å². The fourth-order valence-corrected chi connectivity index (χ4v) is 8.85. The second kappa shape index (κ2) is 68.4. The number of aromatic hydroxyl groups is 2. The predicted octanol–water partition coefficient (Wildman–Crippen LogP) is 3.94. The third-order valence-electron chi connectivity index (χ3n) is 11.8. The number of hydrogen-bond donors (Lipinski definition) is 8. The molecule has 577 valence electrons. The van der Waals surface area contributed by atoms with Gasteiger partial charge in [0.05, 0.1) is 44.9 Å². The van der Waals surface area contributed by atoms with Gasteiger partial charge in [-0.3, -0.25) is 23.9 Å². The second-order valence-electron chi connectivity index (χ2n) is 18.5. The van der Waals surface area contributed by atoms with Gasteiger partial charge in [0.25, 0.3) is 6.47 Å². The van der Waals surface area contributed by atoms with Gasteiger partial charge >= 0.3 is 157 Å². The number of halogens is 10. The average Bonchev–Trinajstić information content (AvgIpc) is 0.825. The Balaban J connectivity index is -0.000000166. The molecule has 10 rings (SSSR count). The summed E-state index contributed by atoms with van der Waals surface area (Å²) in [6.45, 7) is -2.53. The molecular weight excluding hydrogens is 1760 g/mol. The average molecular weight is 1830 g/mol. The molecule has 0 unspecified atom stereocenters. The number of pyridine rings is 5. The minimum atomic E-state index is -2.73. The molecule has 0 amide bonds. The Bertz CT molecular complexity index is 4870. The number of ketones is 1. The number of ether oxygens (including phenoxy) is 2. The van der Waals surface area contributed by atoms with E-state index in [1.54, 1.807) is 103 Å². The van der Waals surface area contributed by atoms with Gasteiger partial charge in [-0.1, -0.05) is 161 Å². The van der Waals surface area contributed by atoms with E-state index in [0.717, 1.165) is 49.1 Å². The van der Waals surface area contributed by atoms with Crippen LogP contribution in [-0.4, -0.2) is 141 Å². The number of aromatic nitrogens is 5. The number of hydrogen-bond acceptors (Lipinski definition) is 24. The van der Waals surface area contributed by atoms with Gasteiger partial charge in [-0.25, -0.2) is 29.7 Å². The fourth-order valence-electron chi connectivity index (χ4n) is 7.26. The van der Waals surface area contributed by atoms with Crippen molar-refractivity contribution in [3.05, 3.63) is 251 Å². The minimum Gasteiger partial charge on any atom is -1.00 e. The molecule has 0 atom stereocenters. The van der Waals surface area contributed by atoms with Gasteiger partial charge in [0.1, 0.15) is 35.4 Å². The molecule has 0 bridgehead atoms. The van der Waals surface area contributed by atoms with Crippen molar-refractivity contribution in [3.63, 3.8) is 0 Å². The van der Waals surface area contributed by atoms with Gasteiger partial charge in [0, 0.05) is 104 Å². The third kappa shape index (κ3) is 46.0. The van der Waals surface area contributed by atoms with Crippen molar-refractivity contribution < 1.29 is 230 Å². The first kappa shape index (κ1) is 110. The number of carboxylic acid groups (broad SMARTS) is 2. The van der Waals surface area contributed by atoms with E-state index in [1.165, 1.54) is 50.0 Å². The molecule has 0 aliphatic rings. The van der Waals surface area contributed by atoms with Crippen LogP contribution in [0.5, 0.6) is 17.2 Å². The number of nitrogens with two attached hydrogens (primary N) is 1. The SMILES string of the molecule is Br.C.CO.COc1cc(-c2cccc(Cl)c2)cnc1C#N.C[O-].F.N#Cc1ncc(-c2cccc(Cl)c2)cc1Cl.N#Cc1ncc(Cl)cc1Cl.O=C(O)c1ncc(-c2cccc(Cl)c2)cc1O.O=CO[O-].OB(O)c1cccc(Cl)c1.[2HH].[2H]C([2H])(CC(=O)c1ncc(-c2cccc(Cl)c2)cc1O)C(=O)O.[2H]C([2H])(N)C(=O)OC.[B].[H-].[K+].[K+].[Na+]. The van der Waals surface area contributed by atoms with E-state index < -0.39 is 55.8 Å². The maximum Gasteiger partial charge on any atom is 1.00 e. The Morgan fingerprint density at radius 3 is 1.20 bits per heavy atom. The Kier molecular flexibility index (Phi) is 67.4. The Labute approximate surface area is 812 Å². The monoisotopic (exact) mass is 1820 g/mol. The first-order valence-corrected chi connectivity index (χ1v) is 31.3. The van der Waals surface area contributed by atoms with Crippen molar-refractivity contribution >= 4 is 161 Å². The van der Waals surface area contributed by atoms with Gasteiger partial charge in [-0.2, -0.15) is 22.9 Å². The molecule has 9 N–H and O–H groups in total. The molecule has 0 spiro atoms. The molecule has 5 aromatic heterocycles. The zero-order chi connectivity index (χ0) is 82.7. The smallest absolute Gasteiger partial charge is 1.00 e. The number of nitriles is 3. The summed E-state index contributed by atoms with van der Waals surface area (Å²) in [5.74, 6) is -5.32. The Hall–Kier alpha value is -5.84. The molecule has 3 radical (unpaired) electrons. The first-order chi connectivity index (χ1) is 51.6. The van der Waals surface area contributed by atoms with Gasteiger partial charge in [-0.15, -0.1) is 17.0 Å². The summed E-state index contributed by atoms with van der Waals surface area (Å²) in [6.07, 6.45) is 3.69. The van der Waals surface area contributed by atoms with Gasteiger partial charge in [-0.05, 0) is 119 Å². The molecule has 41 heteroatoms. The summed E-state index contributed by atoms with van der Waals surface area (Å²) < 4.78 is 36.6. The van der Waals surface area contributed by atoms with Crippen molar-refractivity contribution in [1.29, 1.82) is 15.8 Å². The summed E-state index contributed by atoms with van der Waals surface area (Å²) in [4.78, 5) is 73.9. The van der Waals surface area contributed by atoms with Gasteiger partial charge in [0.15, 0.2) is 34.3 Å². The number of carbonyl (C=O) groups is 5. The van der Waals surface area contributed by atoms with Crippen LogP contribution in [-0.2, 0) is 24.0 Å². The maximum atomic E-state index is 11.9. The molecule has 26 nitrogen and oxygen atoms in total. The van der Waals surface area contributed by atoms with Crippen LogP contribution in [0.3, 0.4) is 0 Å². The second-order valence-corrected chi connectivity index (χ2v) is 22.0. The van der Waals surface area contributed by atoms with Crippen LogP contribution in [0.2, 0.25) is 40.2 Å². The zero-order valence-electron chi connectivity index (χ0n) is 64.0. The van der Waals surface area contributed by atoms with E-state index in [0.29, 0.717) is 63.1 Å². The quantitative estimate of drug-likeness (QED) is 0.0202. The summed E-state index contributed by atoms with van der Waals surface area (Å²) in [7, 11) is 2.91. The maximum absolute atomic E-state index is 11.9. The van der Waals surface area contributed by atoms with E-state index in [4.69, 9.17) is 159 Å². The Morgan fingerprint density at radius 1 is 0.571 bits per heavy atom. The summed E-state index contributed by atoms with van der Waals surface area (Å²) in [5.41, 5.74) is 11.2. The molecule has 0 fully saturated rings. The van der Waals surface area contributed by atoms with Crippen molar-refractivity contribution in [2.24, 2.45) is 5.73 Å². The fraction of sp³-hybridized carbons (Fsp3) is 0.113. The number of Topliss-reactive ketones (excluding diaryl/α,β-unsaturated/α-hetero) is 1. The number of aliphatic hydroxyl groups excluding tert-OH is 1. The van der Waals surface area contributed by atoms with E-state index in [9.17, 15) is 29.4 Å². The minimum absolute atomic E-state index is 0. The number of aliphatic carboxylic acids is 1. The van der Waals surface area contributed by atoms with E-state index in [-0.39, 0.29) is 218 Å². The Morgan fingerprint density at radius 2 is 0.911 bits per heavy atom. The number of nitrogens with zero attached hydrogens (tertiary/aromatic N) is 8. The van der Waals surface area contributed by atoms with Crippen molar-refractivity contribution in [2.75, 3.05) is 34.9 Å². The summed E-state index contributed by atoms with van der Waals surface area (Å²) in [6, 6.07) is 48.4. The van der Waals surface area contributed by atoms with Gasteiger partial charge in [0.2, 0.25) is 0 Å². The van der Waals surface area contributed by atoms with Gasteiger partial charge < -0.3 is 67.5 Å². The molecule has 0 aliphatic carbocycles. The predicted molar refractivity (Wildman–Crippen MR) is 422 cm³/mol. The number of carboxylic acids is 2. The number of benzene rings is 5. The van der Waals surface area contributed by atoms with Crippen molar-refractivity contribution in [3.8, 4) is 80.0 Å². The van der Waals surface area contributed by atoms with Crippen LogP contribution in [0.15, 0.2) is 183 Å². The van der Waals surface area contributed by atoms with Crippen LogP contribution in [0.4, 0.5) is 4.70 Å². The van der Waals surface area contributed by atoms with Crippen LogP contribution < -0.4 is 159 Å². The normalized spacial score (nSPS) is 9.49. The number of carbonyl (C=O) groups excluding carboxylic acids is 3. The molecule has 0 aliphatic heterocycles. The van der Waals surface area contributed by atoms with Crippen molar-refractivity contribution in [2.45, 2.75) is 20.2 Å². The molecule has 5 aromatic carbocycles. The largest absolute Gasteiger partial charge is 1.00 e. The van der Waals surface area contributed by atoms with Crippen molar-refractivity contribution in [1.82, 2.24) is 24.9 Å². The van der Waals surface area contributed by atoms with Crippen LogP contribution in [0.1, 0.15) is 66.6 Å². The molecule has 112 heavy (non-hydrogen) atoms. The topological polar surface area (TPSA) is 463 Å². The summed E-state index contributed by atoms with van der Waals surface area (Å²) in [5, 5.41) is 108. The molecule has 10 aromatic rings. The van der Waals surface area contributed by atoms with E-state index in [2.05, 4.69) is 40.3 Å².